The largest absolute Gasteiger partial charge is 0.355 e. The van der Waals surface area contributed by atoms with Gasteiger partial charge in [0.15, 0.2) is 0 Å². The number of amides is 1. The van der Waals surface area contributed by atoms with Crippen molar-refractivity contribution in [3.63, 3.8) is 0 Å². The molecule has 0 spiro atoms. The minimum atomic E-state index is -0.830. The second kappa shape index (κ2) is 5.46. The van der Waals surface area contributed by atoms with Gasteiger partial charge in [-0.05, 0) is 19.3 Å². The Bertz CT molecular complexity index is 233. The van der Waals surface area contributed by atoms with Gasteiger partial charge in [-0.3, -0.25) is 9.00 Å². The Balaban J connectivity index is 2.18. The third kappa shape index (κ3) is 3.75. The minimum Gasteiger partial charge on any atom is -0.355 e. The zero-order valence-electron chi connectivity index (χ0n) is 8.49. The Morgan fingerprint density at radius 1 is 1.57 bits per heavy atom. The van der Waals surface area contributed by atoms with Gasteiger partial charge in [-0.25, -0.2) is 0 Å². The van der Waals surface area contributed by atoms with E-state index in [4.69, 9.17) is 5.73 Å². The van der Waals surface area contributed by atoms with Gasteiger partial charge in [0, 0.05) is 41.3 Å². The first kappa shape index (κ1) is 11.7. The molecule has 1 amide bonds. The van der Waals surface area contributed by atoms with Crippen LogP contribution in [0.5, 0.6) is 0 Å². The first-order valence-electron chi connectivity index (χ1n) is 4.93. The topological polar surface area (TPSA) is 72.2 Å². The average molecular weight is 218 g/mol. The SMILES string of the molecule is CS(=O)CCNC(=O)C1CCC(N)C1. The maximum Gasteiger partial charge on any atom is 0.223 e. The normalized spacial score (nSPS) is 28.7. The predicted octanol–water partition coefficient (Wildman–Crippen LogP) is -0.391. The molecule has 0 radical (unpaired) electrons. The van der Waals surface area contributed by atoms with Crippen molar-refractivity contribution in [2.24, 2.45) is 11.7 Å². The maximum absolute atomic E-state index is 11.5. The van der Waals surface area contributed by atoms with Gasteiger partial charge in [0.05, 0.1) is 0 Å². The standard InChI is InChI=1S/C9H18N2O2S/c1-14(13)5-4-11-9(12)7-2-3-8(10)6-7/h7-8H,2-6,10H2,1H3,(H,11,12). The Kier molecular flexibility index (Phi) is 4.54. The van der Waals surface area contributed by atoms with Crippen LogP contribution in [0.15, 0.2) is 0 Å². The van der Waals surface area contributed by atoms with Gasteiger partial charge < -0.3 is 11.1 Å². The van der Waals surface area contributed by atoms with Crippen LogP contribution in [0.1, 0.15) is 19.3 Å². The molecule has 3 atom stereocenters. The molecule has 1 aliphatic rings. The van der Waals surface area contributed by atoms with E-state index in [1.165, 1.54) is 0 Å². The molecule has 0 heterocycles. The van der Waals surface area contributed by atoms with Gasteiger partial charge in [-0.15, -0.1) is 0 Å². The summed E-state index contributed by atoms with van der Waals surface area (Å²) >= 11 is 0. The van der Waals surface area contributed by atoms with Crippen molar-refractivity contribution in [2.75, 3.05) is 18.6 Å². The number of hydrogen-bond acceptors (Lipinski definition) is 3. The number of nitrogens with one attached hydrogen (secondary N) is 1. The summed E-state index contributed by atoms with van der Waals surface area (Å²) in [4.78, 5) is 11.5. The molecule has 0 aliphatic heterocycles. The van der Waals surface area contributed by atoms with Gasteiger partial charge in [0.1, 0.15) is 0 Å². The van der Waals surface area contributed by atoms with Crippen LogP contribution in [-0.4, -0.2) is 34.7 Å². The van der Waals surface area contributed by atoms with E-state index in [2.05, 4.69) is 5.32 Å². The van der Waals surface area contributed by atoms with E-state index in [0.29, 0.717) is 12.3 Å². The molecule has 1 rings (SSSR count). The molecule has 14 heavy (non-hydrogen) atoms. The summed E-state index contributed by atoms with van der Waals surface area (Å²) in [5.41, 5.74) is 5.71. The smallest absolute Gasteiger partial charge is 0.223 e. The van der Waals surface area contributed by atoms with E-state index in [0.717, 1.165) is 19.3 Å². The summed E-state index contributed by atoms with van der Waals surface area (Å²) in [5, 5.41) is 2.79. The van der Waals surface area contributed by atoms with Crippen LogP contribution in [0, 0.1) is 5.92 Å². The van der Waals surface area contributed by atoms with Gasteiger partial charge in [0.2, 0.25) is 5.91 Å². The average Bonchev–Trinajstić information content (AvgIpc) is 2.51. The highest BCUT2D eigenvalue weighted by molar-refractivity contribution is 7.84. The number of nitrogens with two attached hydrogens (primary N) is 1. The molecule has 4 nitrogen and oxygen atoms in total. The first-order chi connectivity index (χ1) is 6.59. The van der Waals surface area contributed by atoms with E-state index in [9.17, 15) is 9.00 Å². The van der Waals surface area contributed by atoms with Crippen molar-refractivity contribution in [2.45, 2.75) is 25.3 Å². The zero-order valence-corrected chi connectivity index (χ0v) is 9.31. The second-order valence-electron chi connectivity index (χ2n) is 3.84. The molecule has 0 saturated heterocycles. The molecule has 1 fully saturated rings. The fourth-order valence-electron chi connectivity index (χ4n) is 1.72. The fourth-order valence-corrected chi connectivity index (χ4v) is 2.11. The maximum atomic E-state index is 11.5. The summed E-state index contributed by atoms with van der Waals surface area (Å²) in [6.45, 7) is 0.508. The monoisotopic (exact) mass is 218 g/mol. The quantitative estimate of drug-likeness (QED) is 0.675. The fraction of sp³-hybridized carbons (Fsp3) is 0.889. The predicted molar refractivity (Wildman–Crippen MR) is 57.3 cm³/mol. The number of carbonyl (C=O) groups excluding carboxylic acids is 1. The number of hydrogen-bond donors (Lipinski definition) is 2. The summed E-state index contributed by atoms with van der Waals surface area (Å²) < 4.78 is 10.7. The van der Waals surface area contributed by atoms with Crippen molar-refractivity contribution in [1.82, 2.24) is 5.32 Å². The Morgan fingerprint density at radius 2 is 2.29 bits per heavy atom. The lowest BCUT2D eigenvalue weighted by Gasteiger charge is -2.09. The van der Waals surface area contributed by atoms with Crippen LogP contribution in [0.4, 0.5) is 0 Å². The molecule has 0 aromatic carbocycles. The van der Waals surface area contributed by atoms with Crippen molar-refractivity contribution in [3.05, 3.63) is 0 Å². The molecule has 3 N–H and O–H groups in total. The summed E-state index contributed by atoms with van der Waals surface area (Å²) in [7, 11) is -0.830. The van der Waals surface area contributed by atoms with E-state index in [1.807, 2.05) is 0 Å². The first-order valence-corrected chi connectivity index (χ1v) is 6.65. The van der Waals surface area contributed by atoms with Crippen LogP contribution in [0.3, 0.4) is 0 Å². The molecule has 0 bridgehead atoms. The lowest BCUT2D eigenvalue weighted by molar-refractivity contribution is -0.124. The van der Waals surface area contributed by atoms with Gasteiger partial charge >= 0.3 is 0 Å². The summed E-state index contributed by atoms with van der Waals surface area (Å²) in [6.07, 6.45) is 4.26. The van der Waals surface area contributed by atoms with Gasteiger partial charge in [0.25, 0.3) is 0 Å². The van der Waals surface area contributed by atoms with Crippen LogP contribution in [0.2, 0.25) is 0 Å². The zero-order chi connectivity index (χ0) is 10.6. The number of rotatable bonds is 4. The molecule has 5 heteroatoms. The lowest BCUT2D eigenvalue weighted by Crippen LogP contribution is -2.33. The highest BCUT2D eigenvalue weighted by Gasteiger charge is 2.27. The summed E-state index contributed by atoms with van der Waals surface area (Å²) in [6, 6.07) is 0.186. The number of carbonyl (C=O) groups is 1. The lowest BCUT2D eigenvalue weighted by atomic mass is 10.1. The molecular formula is C9H18N2O2S. The molecule has 0 aromatic rings. The Morgan fingerprint density at radius 3 is 2.79 bits per heavy atom. The van der Waals surface area contributed by atoms with Crippen LogP contribution in [-0.2, 0) is 15.6 Å². The van der Waals surface area contributed by atoms with Crippen molar-refractivity contribution >= 4 is 16.7 Å². The minimum absolute atomic E-state index is 0.0726. The second-order valence-corrected chi connectivity index (χ2v) is 5.39. The molecule has 0 aromatic heterocycles. The highest BCUT2D eigenvalue weighted by Crippen LogP contribution is 2.23. The third-order valence-electron chi connectivity index (χ3n) is 2.53. The van der Waals surface area contributed by atoms with Crippen molar-refractivity contribution < 1.29 is 9.00 Å². The summed E-state index contributed by atoms with van der Waals surface area (Å²) in [5.74, 6) is 0.684. The Labute approximate surface area is 87.1 Å². The molecule has 82 valence electrons. The third-order valence-corrected chi connectivity index (χ3v) is 3.31. The van der Waals surface area contributed by atoms with E-state index < -0.39 is 10.8 Å². The van der Waals surface area contributed by atoms with E-state index in [-0.39, 0.29) is 17.9 Å². The Hall–Kier alpha value is -0.420. The van der Waals surface area contributed by atoms with Crippen molar-refractivity contribution in [1.29, 1.82) is 0 Å². The van der Waals surface area contributed by atoms with Crippen molar-refractivity contribution in [3.8, 4) is 0 Å². The molecule has 3 unspecified atom stereocenters. The van der Waals surface area contributed by atoms with Crippen LogP contribution in [0.25, 0.3) is 0 Å². The van der Waals surface area contributed by atoms with E-state index in [1.54, 1.807) is 6.26 Å². The van der Waals surface area contributed by atoms with Crippen LogP contribution >= 0.6 is 0 Å². The molecular weight excluding hydrogens is 200 g/mol. The van der Waals surface area contributed by atoms with Gasteiger partial charge in [-0.2, -0.15) is 0 Å². The van der Waals surface area contributed by atoms with Crippen LogP contribution < -0.4 is 11.1 Å². The molecule has 1 aliphatic carbocycles. The highest BCUT2D eigenvalue weighted by atomic mass is 32.2. The van der Waals surface area contributed by atoms with E-state index >= 15 is 0 Å². The van der Waals surface area contributed by atoms with Gasteiger partial charge in [-0.1, -0.05) is 0 Å². The molecule has 1 saturated carbocycles.